The third kappa shape index (κ3) is 4.44. The number of amides is 2. The average Bonchev–Trinajstić information content (AvgIpc) is 3.14. The second kappa shape index (κ2) is 8.15. The van der Waals surface area contributed by atoms with Crippen LogP contribution in [0.1, 0.15) is 16.1 Å². The summed E-state index contributed by atoms with van der Waals surface area (Å²) in [6.45, 7) is 0. The Morgan fingerprint density at radius 2 is 1.83 bits per heavy atom. The molecular weight excluding hydrogens is 391 g/mol. The molecule has 0 fully saturated rings. The molecular formula is C21H15FN4O2S. The molecule has 2 N–H and O–H groups in total. The van der Waals surface area contributed by atoms with E-state index in [2.05, 4.69) is 20.6 Å². The first-order valence-electron chi connectivity index (χ1n) is 8.73. The number of nitrogens with zero attached hydrogens (tertiary/aromatic N) is 2. The normalized spacial score (nSPS) is 10.7. The minimum absolute atomic E-state index is 0.0406. The molecule has 4 aromatic rings. The minimum atomic E-state index is -0.606. The lowest BCUT2D eigenvalue weighted by Crippen LogP contribution is -2.15. The molecule has 2 amide bonds. The molecule has 2 heterocycles. The third-order valence-electron chi connectivity index (χ3n) is 4.11. The molecule has 0 spiro atoms. The predicted molar refractivity (Wildman–Crippen MR) is 111 cm³/mol. The van der Waals surface area contributed by atoms with Crippen LogP contribution >= 0.6 is 11.3 Å². The van der Waals surface area contributed by atoms with Crippen LogP contribution in [0.5, 0.6) is 0 Å². The Balaban J connectivity index is 1.38. The molecule has 6 nitrogen and oxygen atoms in total. The van der Waals surface area contributed by atoms with E-state index in [1.165, 1.54) is 29.5 Å². The van der Waals surface area contributed by atoms with Crippen molar-refractivity contribution in [1.82, 2.24) is 9.97 Å². The molecule has 144 valence electrons. The van der Waals surface area contributed by atoms with E-state index in [0.717, 1.165) is 10.9 Å². The Labute approximate surface area is 169 Å². The number of anilines is 2. The van der Waals surface area contributed by atoms with Crippen LogP contribution in [0.4, 0.5) is 15.2 Å². The Bertz CT molecular complexity index is 1210. The van der Waals surface area contributed by atoms with E-state index in [1.54, 1.807) is 17.6 Å². The Hall–Kier alpha value is -3.65. The smallest absolute Gasteiger partial charge is 0.260 e. The zero-order valence-electron chi connectivity index (χ0n) is 15.1. The highest BCUT2D eigenvalue weighted by Crippen LogP contribution is 2.19. The molecule has 2 aromatic heterocycles. The lowest BCUT2D eigenvalue weighted by Gasteiger charge is -2.05. The summed E-state index contributed by atoms with van der Waals surface area (Å²) in [6.07, 6.45) is 1.64. The van der Waals surface area contributed by atoms with Crippen LogP contribution in [0, 0.1) is 5.82 Å². The summed E-state index contributed by atoms with van der Waals surface area (Å²) >= 11 is 1.17. The SMILES string of the molecule is O=C(Cc1csc(NC(=O)c2ccccc2F)n1)Nc1cnc2ccccc2c1. The van der Waals surface area contributed by atoms with Gasteiger partial charge in [-0.25, -0.2) is 9.37 Å². The monoisotopic (exact) mass is 406 g/mol. The lowest BCUT2D eigenvalue weighted by molar-refractivity contribution is -0.115. The summed E-state index contributed by atoms with van der Waals surface area (Å²) in [7, 11) is 0. The average molecular weight is 406 g/mol. The number of rotatable bonds is 5. The molecule has 0 saturated heterocycles. The molecule has 0 atom stereocenters. The number of hydrogen-bond donors (Lipinski definition) is 2. The van der Waals surface area contributed by atoms with Gasteiger partial charge in [0.2, 0.25) is 5.91 Å². The van der Waals surface area contributed by atoms with Gasteiger partial charge in [-0.3, -0.25) is 19.9 Å². The van der Waals surface area contributed by atoms with Crippen LogP contribution in [-0.2, 0) is 11.2 Å². The van der Waals surface area contributed by atoms with Gasteiger partial charge in [0, 0.05) is 10.8 Å². The largest absolute Gasteiger partial charge is 0.324 e. The number of nitrogens with one attached hydrogen (secondary N) is 2. The summed E-state index contributed by atoms with van der Waals surface area (Å²) in [5, 5.41) is 8.24. The first kappa shape index (κ1) is 18.7. The number of para-hydroxylation sites is 1. The van der Waals surface area contributed by atoms with Crippen molar-refractivity contribution >= 4 is 44.9 Å². The summed E-state index contributed by atoms with van der Waals surface area (Å²) in [4.78, 5) is 33.0. The van der Waals surface area contributed by atoms with E-state index < -0.39 is 11.7 Å². The van der Waals surface area contributed by atoms with Gasteiger partial charge >= 0.3 is 0 Å². The number of aromatic nitrogens is 2. The second-order valence-corrected chi connectivity index (χ2v) is 7.08. The van der Waals surface area contributed by atoms with Crippen molar-refractivity contribution in [3.8, 4) is 0 Å². The fourth-order valence-electron chi connectivity index (χ4n) is 2.76. The number of carbonyl (C=O) groups excluding carboxylic acids is 2. The lowest BCUT2D eigenvalue weighted by atomic mass is 10.2. The summed E-state index contributed by atoms with van der Waals surface area (Å²) in [6, 6.07) is 15.2. The van der Waals surface area contributed by atoms with Gasteiger partial charge in [-0.2, -0.15) is 0 Å². The highest BCUT2D eigenvalue weighted by Gasteiger charge is 2.14. The molecule has 8 heteroatoms. The number of pyridine rings is 1. The van der Waals surface area contributed by atoms with E-state index in [-0.39, 0.29) is 17.9 Å². The molecule has 4 rings (SSSR count). The van der Waals surface area contributed by atoms with Gasteiger partial charge in [0.25, 0.3) is 5.91 Å². The molecule has 0 radical (unpaired) electrons. The van der Waals surface area contributed by atoms with E-state index in [4.69, 9.17) is 0 Å². The number of carbonyl (C=O) groups is 2. The van der Waals surface area contributed by atoms with Crippen LogP contribution in [0.15, 0.2) is 66.2 Å². The van der Waals surface area contributed by atoms with Crippen molar-refractivity contribution in [2.45, 2.75) is 6.42 Å². The first-order chi connectivity index (χ1) is 14.1. The Morgan fingerprint density at radius 1 is 1.03 bits per heavy atom. The predicted octanol–water partition coefficient (Wildman–Crippen LogP) is 4.26. The number of fused-ring (bicyclic) bond motifs is 1. The number of halogens is 1. The standard InChI is InChI=1S/C21H15FN4O2S/c22-17-7-3-2-6-16(17)20(28)26-21-25-15(12-29-21)10-19(27)24-14-9-13-5-1-4-8-18(13)23-11-14/h1-9,11-12H,10H2,(H,24,27)(H,25,26,28). The Morgan fingerprint density at radius 3 is 2.69 bits per heavy atom. The van der Waals surface area contributed by atoms with E-state index in [1.807, 2.05) is 30.3 Å². The highest BCUT2D eigenvalue weighted by atomic mass is 32.1. The minimum Gasteiger partial charge on any atom is -0.324 e. The van der Waals surface area contributed by atoms with Gasteiger partial charge in [0.1, 0.15) is 5.82 Å². The van der Waals surface area contributed by atoms with Crippen LogP contribution in [-0.4, -0.2) is 21.8 Å². The topological polar surface area (TPSA) is 84.0 Å². The van der Waals surface area contributed by atoms with Crippen LogP contribution in [0.2, 0.25) is 0 Å². The van der Waals surface area contributed by atoms with Crippen molar-refractivity contribution in [1.29, 1.82) is 0 Å². The molecule has 0 saturated carbocycles. The van der Waals surface area contributed by atoms with Gasteiger partial charge in [-0.05, 0) is 24.3 Å². The molecule has 0 bridgehead atoms. The second-order valence-electron chi connectivity index (χ2n) is 6.22. The van der Waals surface area contributed by atoms with Crippen LogP contribution in [0.25, 0.3) is 10.9 Å². The van der Waals surface area contributed by atoms with Crippen LogP contribution in [0.3, 0.4) is 0 Å². The molecule has 2 aromatic carbocycles. The van der Waals surface area contributed by atoms with Crippen molar-refractivity contribution < 1.29 is 14.0 Å². The highest BCUT2D eigenvalue weighted by molar-refractivity contribution is 7.14. The first-order valence-corrected chi connectivity index (χ1v) is 9.61. The van der Waals surface area contributed by atoms with Crippen molar-refractivity contribution in [2.75, 3.05) is 10.6 Å². The van der Waals surface area contributed by atoms with E-state index in [0.29, 0.717) is 16.5 Å². The van der Waals surface area contributed by atoms with Crippen molar-refractivity contribution in [3.63, 3.8) is 0 Å². The van der Waals surface area contributed by atoms with E-state index in [9.17, 15) is 14.0 Å². The zero-order valence-corrected chi connectivity index (χ0v) is 15.9. The molecule has 0 aliphatic heterocycles. The van der Waals surface area contributed by atoms with Gasteiger partial charge < -0.3 is 5.32 Å². The Kier molecular flexibility index (Phi) is 5.26. The van der Waals surface area contributed by atoms with Gasteiger partial charge in [-0.1, -0.05) is 30.3 Å². The maximum absolute atomic E-state index is 13.7. The number of benzene rings is 2. The maximum Gasteiger partial charge on any atom is 0.260 e. The van der Waals surface area contributed by atoms with Gasteiger partial charge in [0.05, 0.1) is 35.1 Å². The van der Waals surface area contributed by atoms with Crippen LogP contribution < -0.4 is 10.6 Å². The molecule has 0 aliphatic carbocycles. The fourth-order valence-corrected chi connectivity index (χ4v) is 3.47. The summed E-state index contributed by atoms with van der Waals surface area (Å²) < 4.78 is 13.7. The number of thiazole rings is 1. The van der Waals surface area contributed by atoms with Gasteiger partial charge in [0.15, 0.2) is 5.13 Å². The zero-order chi connectivity index (χ0) is 20.2. The third-order valence-corrected chi connectivity index (χ3v) is 4.91. The van der Waals surface area contributed by atoms with Crippen molar-refractivity contribution in [2.24, 2.45) is 0 Å². The summed E-state index contributed by atoms with van der Waals surface area (Å²) in [5.41, 5.74) is 1.88. The maximum atomic E-state index is 13.7. The quantitative estimate of drug-likeness (QED) is 0.519. The van der Waals surface area contributed by atoms with E-state index >= 15 is 0 Å². The fraction of sp³-hybridized carbons (Fsp3) is 0.0476. The molecule has 0 unspecified atom stereocenters. The number of hydrogen-bond acceptors (Lipinski definition) is 5. The van der Waals surface area contributed by atoms with Gasteiger partial charge in [-0.15, -0.1) is 11.3 Å². The van der Waals surface area contributed by atoms with Crippen molar-refractivity contribution in [3.05, 3.63) is 83.2 Å². The molecule has 0 aliphatic rings. The molecule has 29 heavy (non-hydrogen) atoms. The summed E-state index contributed by atoms with van der Waals surface area (Å²) in [5.74, 6) is -1.44.